The Morgan fingerprint density at radius 2 is 1.75 bits per heavy atom. The summed E-state index contributed by atoms with van der Waals surface area (Å²) >= 11 is 0. The van der Waals surface area contributed by atoms with Gasteiger partial charge in [-0.15, -0.1) is 0 Å². The fourth-order valence-electron chi connectivity index (χ4n) is 2.14. The highest BCUT2D eigenvalue weighted by molar-refractivity contribution is 6.00. The van der Waals surface area contributed by atoms with Crippen molar-refractivity contribution in [1.82, 2.24) is 0 Å². The zero-order chi connectivity index (χ0) is 15.1. The van der Waals surface area contributed by atoms with Crippen LogP contribution in [0.2, 0.25) is 0 Å². The smallest absolute Gasteiger partial charge is 0.211 e. The Morgan fingerprint density at radius 3 is 2.20 bits per heavy atom. The molecule has 1 aromatic carbocycles. The molecule has 0 aromatic heterocycles. The third kappa shape index (κ3) is 4.76. The second-order valence-corrected chi connectivity index (χ2v) is 4.65. The summed E-state index contributed by atoms with van der Waals surface area (Å²) in [5.74, 6) is -2.37. The highest BCUT2D eigenvalue weighted by Crippen LogP contribution is 2.18. The molecule has 0 aliphatic heterocycles. The summed E-state index contributed by atoms with van der Waals surface area (Å²) in [6, 6.07) is 9.23. The molecule has 0 saturated heterocycles. The number of carbonyl (C=O) groups is 2. The van der Waals surface area contributed by atoms with Crippen molar-refractivity contribution in [2.24, 2.45) is 11.8 Å². The lowest BCUT2D eigenvalue weighted by Gasteiger charge is -2.16. The first kappa shape index (κ1) is 15.8. The number of carbonyl (C=O) groups excluding carboxylic acids is 2. The molecule has 1 atom stereocenters. The highest BCUT2D eigenvalue weighted by atomic mass is 16.6. The van der Waals surface area contributed by atoms with E-state index in [1.54, 1.807) is 12.2 Å². The van der Waals surface area contributed by atoms with E-state index in [0.717, 1.165) is 5.56 Å². The molecule has 5 heteroatoms. The fourth-order valence-corrected chi connectivity index (χ4v) is 2.14. The monoisotopic (exact) mass is 275 g/mol. The number of rotatable bonds is 7. The van der Waals surface area contributed by atoms with Crippen molar-refractivity contribution in [3.8, 4) is 0 Å². The van der Waals surface area contributed by atoms with Crippen LogP contribution in [0.5, 0.6) is 0 Å². The molecular weight excluding hydrogens is 258 g/mol. The lowest BCUT2D eigenvalue weighted by molar-refractivity contribution is -0.486. The average molecular weight is 275 g/mol. The van der Waals surface area contributed by atoms with E-state index in [1.807, 2.05) is 30.3 Å². The minimum Gasteiger partial charge on any atom is -0.299 e. The van der Waals surface area contributed by atoms with Crippen molar-refractivity contribution >= 4 is 17.6 Å². The zero-order valence-electron chi connectivity index (χ0n) is 11.5. The molecule has 5 nitrogen and oxygen atoms in total. The van der Waals surface area contributed by atoms with Gasteiger partial charge < -0.3 is 0 Å². The van der Waals surface area contributed by atoms with Crippen LogP contribution in [0.4, 0.5) is 0 Å². The van der Waals surface area contributed by atoms with Crippen molar-refractivity contribution in [2.45, 2.75) is 13.8 Å². The Bertz CT molecular complexity index is 508. The Kier molecular flexibility index (Phi) is 5.77. The molecule has 106 valence electrons. The van der Waals surface area contributed by atoms with Crippen LogP contribution < -0.4 is 0 Å². The number of ketones is 2. The molecule has 0 aliphatic carbocycles. The van der Waals surface area contributed by atoms with Gasteiger partial charge in [-0.05, 0) is 19.4 Å². The van der Waals surface area contributed by atoms with Crippen molar-refractivity contribution in [3.05, 3.63) is 52.1 Å². The van der Waals surface area contributed by atoms with Gasteiger partial charge in [0.1, 0.15) is 11.6 Å². The molecule has 0 amide bonds. The summed E-state index contributed by atoms with van der Waals surface area (Å²) in [5.41, 5.74) is 0.867. The second-order valence-electron chi connectivity index (χ2n) is 4.65. The molecule has 20 heavy (non-hydrogen) atoms. The third-order valence-corrected chi connectivity index (χ3v) is 3.00. The molecule has 0 aliphatic rings. The normalized spacial score (nSPS) is 12.6. The first-order valence-corrected chi connectivity index (χ1v) is 6.27. The van der Waals surface area contributed by atoms with Gasteiger partial charge in [-0.3, -0.25) is 19.7 Å². The molecule has 1 rings (SSSR count). The van der Waals surface area contributed by atoms with Crippen LogP contribution in [-0.4, -0.2) is 23.0 Å². The fraction of sp³-hybridized carbons (Fsp3) is 0.333. The van der Waals surface area contributed by atoms with E-state index in [0.29, 0.717) is 0 Å². The number of benzene rings is 1. The summed E-state index contributed by atoms with van der Waals surface area (Å²) in [6.07, 6.45) is 3.28. The maximum absolute atomic E-state index is 11.5. The van der Waals surface area contributed by atoms with Crippen LogP contribution in [0.1, 0.15) is 19.4 Å². The molecule has 0 fully saturated rings. The topological polar surface area (TPSA) is 77.3 Å². The molecule has 0 N–H and O–H groups in total. The number of hydrogen-bond donors (Lipinski definition) is 0. The van der Waals surface area contributed by atoms with Gasteiger partial charge in [-0.25, -0.2) is 0 Å². The molecule has 0 radical (unpaired) electrons. The van der Waals surface area contributed by atoms with Crippen molar-refractivity contribution in [2.75, 3.05) is 6.54 Å². The molecule has 1 aromatic rings. The SMILES string of the molecule is CC(=O)C(C(C)=O)[C@H](/C=C/c1ccccc1)C[N+](=O)[O-]. The van der Waals surface area contributed by atoms with Crippen LogP contribution in [0.25, 0.3) is 6.08 Å². The van der Waals surface area contributed by atoms with Crippen molar-refractivity contribution in [1.29, 1.82) is 0 Å². The molecule has 0 spiro atoms. The molecule has 0 bridgehead atoms. The summed E-state index contributed by atoms with van der Waals surface area (Å²) < 4.78 is 0. The minimum atomic E-state index is -0.958. The van der Waals surface area contributed by atoms with E-state index in [-0.39, 0.29) is 11.6 Å². The van der Waals surface area contributed by atoms with Crippen LogP contribution in [-0.2, 0) is 9.59 Å². The maximum atomic E-state index is 11.5. The lowest BCUT2D eigenvalue weighted by atomic mass is 9.85. The van der Waals surface area contributed by atoms with E-state index < -0.39 is 23.3 Å². The first-order chi connectivity index (χ1) is 9.41. The van der Waals surface area contributed by atoms with Gasteiger partial charge >= 0.3 is 0 Å². The quantitative estimate of drug-likeness (QED) is 0.435. The summed E-state index contributed by atoms with van der Waals surface area (Å²) in [7, 11) is 0. The van der Waals surface area contributed by atoms with Gasteiger partial charge in [0, 0.05) is 4.92 Å². The Labute approximate surface area is 117 Å². The van der Waals surface area contributed by atoms with Crippen LogP contribution in [0.3, 0.4) is 0 Å². The molecule has 0 heterocycles. The van der Waals surface area contributed by atoms with Gasteiger partial charge in [0.25, 0.3) is 0 Å². The molecule has 0 saturated carbocycles. The van der Waals surface area contributed by atoms with E-state index in [9.17, 15) is 19.7 Å². The number of hydrogen-bond acceptors (Lipinski definition) is 4. The van der Waals surface area contributed by atoms with E-state index in [1.165, 1.54) is 13.8 Å². The lowest BCUT2D eigenvalue weighted by Crippen LogP contribution is -2.31. The average Bonchev–Trinajstić information content (AvgIpc) is 2.35. The molecule has 0 unspecified atom stereocenters. The third-order valence-electron chi connectivity index (χ3n) is 3.00. The Morgan fingerprint density at radius 1 is 1.20 bits per heavy atom. The van der Waals surface area contributed by atoms with Gasteiger partial charge in [-0.2, -0.15) is 0 Å². The summed E-state index contributed by atoms with van der Waals surface area (Å²) in [6.45, 7) is 2.14. The van der Waals surface area contributed by atoms with Gasteiger partial charge in [-0.1, -0.05) is 42.5 Å². The van der Waals surface area contributed by atoms with Crippen molar-refractivity contribution < 1.29 is 14.5 Å². The second kappa shape index (κ2) is 7.33. The minimum absolute atomic E-state index is 0.345. The van der Waals surface area contributed by atoms with Crippen LogP contribution >= 0.6 is 0 Å². The van der Waals surface area contributed by atoms with Gasteiger partial charge in [0.05, 0.1) is 11.8 Å². The Balaban J connectivity index is 3.00. The summed E-state index contributed by atoms with van der Waals surface area (Å²) in [4.78, 5) is 33.3. The van der Waals surface area contributed by atoms with E-state index in [4.69, 9.17) is 0 Å². The first-order valence-electron chi connectivity index (χ1n) is 6.27. The largest absolute Gasteiger partial charge is 0.299 e. The maximum Gasteiger partial charge on any atom is 0.211 e. The number of nitrogens with zero attached hydrogens (tertiary/aromatic N) is 1. The number of nitro groups is 1. The predicted octanol–water partition coefficient (Wildman–Crippen LogP) is 2.39. The van der Waals surface area contributed by atoms with Gasteiger partial charge in [0.2, 0.25) is 6.54 Å². The van der Waals surface area contributed by atoms with Crippen molar-refractivity contribution in [3.63, 3.8) is 0 Å². The van der Waals surface area contributed by atoms with E-state index >= 15 is 0 Å². The Hall–Kier alpha value is -2.30. The molecular formula is C15H17NO4. The van der Waals surface area contributed by atoms with E-state index in [2.05, 4.69) is 0 Å². The van der Waals surface area contributed by atoms with Gasteiger partial charge in [0.15, 0.2) is 0 Å². The highest BCUT2D eigenvalue weighted by Gasteiger charge is 2.31. The summed E-state index contributed by atoms with van der Waals surface area (Å²) in [5, 5.41) is 10.7. The van der Waals surface area contributed by atoms with Crippen LogP contribution in [0, 0.1) is 22.0 Å². The zero-order valence-corrected chi connectivity index (χ0v) is 11.5. The standard InChI is InChI=1S/C15H17NO4/c1-11(17)15(12(2)18)14(10-16(19)20)9-8-13-6-4-3-5-7-13/h3-9,14-15H,10H2,1-2H3/b9-8+/t14-/m1/s1. The number of Topliss-reactive ketones (excluding diaryl/α,β-unsaturated/α-hetero) is 2. The van der Waals surface area contributed by atoms with Crippen LogP contribution in [0.15, 0.2) is 36.4 Å². The predicted molar refractivity (Wildman–Crippen MR) is 75.7 cm³/mol.